The maximum atomic E-state index is 13.2. The van der Waals surface area contributed by atoms with Crippen molar-refractivity contribution in [3.05, 3.63) is 63.9 Å². The maximum absolute atomic E-state index is 13.2. The van der Waals surface area contributed by atoms with E-state index in [0.717, 1.165) is 5.56 Å². The molecule has 0 aliphatic rings. The Morgan fingerprint density at radius 3 is 2.42 bits per heavy atom. The highest BCUT2D eigenvalue weighted by Gasteiger charge is 2.11. The summed E-state index contributed by atoms with van der Waals surface area (Å²) in [6.07, 6.45) is 0. The molecular formula is C14H13Cl2FN2. The summed E-state index contributed by atoms with van der Waals surface area (Å²) in [7, 11) is 0. The van der Waals surface area contributed by atoms with Crippen LogP contribution in [-0.2, 0) is 0 Å². The number of nitrogens with two attached hydrogens (primary N) is 1. The van der Waals surface area contributed by atoms with Crippen molar-refractivity contribution in [2.45, 2.75) is 6.04 Å². The molecular weight excluding hydrogens is 286 g/mol. The largest absolute Gasteiger partial charge is 0.376 e. The van der Waals surface area contributed by atoms with Gasteiger partial charge in [-0.05, 0) is 35.9 Å². The van der Waals surface area contributed by atoms with E-state index in [1.54, 1.807) is 12.1 Å². The second kappa shape index (κ2) is 6.24. The third-order valence-electron chi connectivity index (χ3n) is 2.77. The summed E-state index contributed by atoms with van der Waals surface area (Å²) < 4.78 is 13.2. The average molecular weight is 299 g/mol. The quantitative estimate of drug-likeness (QED) is 0.886. The third-order valence-corrected chi connectivity index (χ3v) is 3.35. The molecule has 2 rings (SSSR count). The average Bonchev–Trinajstić information content (AvgIpc) is 2.41. The molecule has 0 saturated heterocycles. The van der Waals surface area contributed by atoms with Gasteiger partial charge in [0.2, 0.25) is 0 Å². The monoisotopic (exact) mass is 298 g/mol. The molecule has 2 nitrogen and oxygen atoms in total. The number of hydrogen-bond donors (Lipinski definition) is 2. The van der Waals surface area contributed by atoms with Gasteiger partial charge in [-0.1, -0.05) is 35.3 Å². The molecule has 0 heterocycles. The highest BCUT2D eigenvalue weighted by molar-refractivity contribution is 6.33. The summed E-state index contributed by atoms with van der Waals surface area (Å²) in [5, 5.41) is 4.24. The molecule has 0 aromatic heterocycles. The van der Waals surface area contributed by atoms with Gasteiger partial charge in [-0.15, -0.1) is 0 Å². The number of anilines is 1. The molecule has 0 aliphatic heterocycles. The first-order valence-corrected chi connectivity index (χ1v) is 6.53. The molecule has 1 unspecified atom stereocenters. The summed E-state index contributed by atoms with van der Waals surface area (Å²) in [5.74, 6) is -0.348. The van der Waals surface area contributed by atoms with Crippen LogP contribution >= 0.6 is 23.2 Å². The lowest BCUT2D eigenvalue weighted by molar-refractivity contribution is 0.627. The summed E-state index contributed by atoms with van der Waals surface area (Å²) in [6, 6.07) is 11.3. The molecule has 5 heteroatoms. The van der Waals surface area contributed by atoms with Crippen LogP contribution in [0.25, 0.3) is 0 Å². The Morgan fingerprint density at radius 1 is 1.11 bits per heavy atom. The fraction of sp³-hybridized carbons (Fsp3) is 0.143. The van der Waals surface area contributed by atoms with Crippen molar-refractivity contribution < 1.29 is 4.39 Å². The van der Waals surface area contributed by atoms with Crippen molar-refractivity contribution >= 4 is 28.9 Å². The van der Waals surface area contributed by atoms with Crippen LogP contribution in [0, 0.1) is 5.82 Å². The van der Waals surface area contributed by atoms with Crippen molar-refractivity contribution in [2.75, 3.05) is 11.9 Å². The van der Waals surface area contributed by atoms with Crippen molar-refractivity contribution in [2.24, 2.45) is 5.73 Å². The molecule has 0 fully saturated rings. The minimum absolute atomic E-state index is 0.156. The van der Waals surface area contributed by atoms with E-state index in [2.05, 4.69) is 5.32 Å². The highest BCUT2D eigenvalue weighted by atomic mass is 35.5. The lowest BCUT2D eigenvalue weighted by atomic mass is 10.1. The third kappa shape index (κ3) is 3.60. The molecule has 0 spiro atoms. The van der Waals surface area contributed by atoms with E-state index in [9.17, 15) is 4.39 Å². The number of benzene rings is 2. The van der Waals surface area contributed by atoms with Crippen molar-refractivity contribution in [1.29, 1.82) is 0 Å². The molecule has 1 atom stereocenters. The van der Waals surface area contributed by atoms with Gasteiger partial charge in [0, 0.05) is 11.6 Å². The van der Waals surface area contributed by atoms with Gasteiger partial charge in [0.05, 0.1) is 16.8 Å². The van der Waals surface area contributed by atoms with Crippen molar-refractivity contribution in [1.82, 2.24) is 0 Å². The van der Waals surface area contributed by atoms with Crippen LogP contribution in [0.1, 0.15) is 11.6 Å². The molecule has 3 N–H and O–H groups in total. The van der Waals surface area contributed by atoms with Crippen molar-refractivity contribution in [3.8, 4) is 0 Å². The van der Waals surface area contributed by atoms with E-state index < -0.39 is 0 Å². The number of hydrogen-bond acceptors (Lipinski definition) is 2. The Kier molecular flexibility index (Phi) is 4.64. The van der Waals surface area contributed by atoms with E-state index in [1.165, 1.54) is 18.2 Å². The standard InChI is InChI=1S/C14H13Cl2FN2/c15-10-3-1-9(2-4-10)14(8-18)19-13-7-11(17)5-6-12(13)16/h1-7,14,19H,8,18H2. The van der Waals surface area contributed by atoms with Gasteiger partial charge in [0.1, 0.15) is 5.82 Å². The number of rotatable bonds is 4. The first kappa shape index (κ1) is 14.1. The Morgan fingerprint density at radius 2 is 1.79 bits per heavy atom. The van der Waals surface area contributed by atoms with Gasteiger partial charge in [0.15, 0.2) is 0 Å². The van der Waals surface area contributed by atoms with E-state index in [4.69, 9.17) is 28.9 Å². The molecule has 0 amide bonds. The lowest BCUT2D eigenvalue weighted by Crippen LogP contribution is -2.20. The Bertz CT molecular complexity index is 558. The van der Waals surface area contributed by atoms with Crippen LogP contribution in [-0.4, -0.2) is 6.54 Å². The van der Waals surface area contributed by atoms with Gasteiger partial charge in [-0.2, -0.15) is 0 Å². The second-order valence-corrected chi connectivity index (χ2v) is 4.95. The second-order valence-electron chi connectivity index (χ2n) is 4.11. The summed E-state index contributed by atoms with van der Waals surface area (Å²) in [6.45, 7) is 0.356. The van der Waals surface area contributed by atoms with E-state index in [1.807, 2.05) is 12.1 Å². The summed E-state index contributed by atoms with van der Waals surface area (Å²) in [4.78, 5) is 0. The van der Waals surface area contributed by atoms with Crippen LogP contribution in [0.2, 0.25) is 10.0 Å². The predicted molar refractivity (Wildman–Crippen MR) is 78.3 cm³/mol. The molecule has 100 valence electrons. The molecule has 0 bridgehead atoms. The number of nitrogens with one attached hydrogen (secondary N) is 1. The van der Waals surface area contributed by atoms with Crippen LogP contribution in [0.15, 0.2) is 42.5 Å². The zero-order valence-corrected chi connectivity index (χ0v) is 11.5. The molecule has 0 saturated carbocycles. The summed E-state index contributed by atoms with van der Waals surface area (Å²) >= 11 is 11.9. The summed E-state index contributed by atoms with van der Waals surface area (Å²) in [5.41, 5.74) is 7.23. The zero-order valence-electron chi connectivity index (χ0n) is 10.0. The van der Waals surface area contributed by atoms with Gasteiger partial charge >= 0.3 is 0 Å². The van der Waals surface area contributed by atoms with Crippen LogP contribution in [0.3, 0.4) is 0 Å². The SMILES string of the molecule is NCC(Nc1cc(F)ccc1Cl)c1ccc(Cl)cc1. The Hall–Kier alpha value is -1.29. The molecule has 2 aromatic rings. The maximum Gasteiger partial charge on any atom is 0.125 e. The number of halogens is 3. The van der Waals surface area contributed by atoms with Crippen molar-refractivity contribution in [3.63, 3.8) is 0 Å². The Balaban J connectivity index is 2.23. The molecule has 0 aliphatic carbocycles. The van der Waals surface area contributed by atoms with Crippen LogP contribution in [0.4, 0.5) is 10.1 Å². The fourth-order valence-corrected chi connectivity index (χ4v) is 2.07. The zero-order chi connectivity index (χ0) is 13.8. The fourth-order valence-electron chi connectivity index (χ4n) is 1.77. The normalized spacial score (nSPS) is 12.2. The van der Waals surface area contributed by atoms with E-state index in [-0.39, 0.29) is 11.9 Å². The van der Waals surface area contributed by atoms with E-state index in [0.29, 0.717) is 22.3 Å². The van der Waals surface area contributed by atoms with E-state index >= 15 is 0 Å². The van der Waals surface area contributed by atoms with Gasteiger partial charge in [-0.25, -0.2) is 4.39 Å². The van der Waals surface area contributed by atoms with Crippen LogP contribution < -0.4 is 11.1 Å². The minimum atomic E-state index is -0.348. The molecule has 19 heavy (non-hydrogen) atoms. The smallest absolute Gasteiger partial charge is 0.125 e. The minimum Gasteiger partial charge on any atom is -0.376 e. The van der Waals surface area contributed by atoms with Crippen LogP contribution in [0.5, 0.6) is 0 Å². The predicted octanol–water partition coefficient (Wildman–Crippen LogP) is 4.24. The highest BCUT2D eigenvalue weighted by Crippen LogP contribution is 2.27. The first-order valence-electron chi connectivity index (χ1n) is 5.77. The van der Waals surface area contributed by atoms with Gasteiger partial charge in [0.25, 0.3) is 0 Å². The molecule has 2 aromatic carbocycles. The first-order chi connectivity index (χ1) is 9.10. The van der Waals surface area contributed by atoms with Gasteiger partial charge < -0.3 is 11.1 Å². The Labute approximate surface area is 121 Å². The van der Waals surface area contributed by atoms with Gasteiger partial charge in [-0.3, -0.25) is 0 Å². The molecule has 0 radical (unpaired) electrons. The topological polar surface area (TPSA) is 38.0 Å². The lowest BCUT2D eigenvalue weighted by Gasteiger charge is -2.19.